The maximum Gasteiger partial charge on any atom is 0.122 e. The van der Waals surface area contributed by atoms with Gasteiger partial charge in [-0.15, -0.1) is 0 Å². The number of rotatable bonds is 2. The molecule has 2 rings (SSSR count). The van der Waals surface area contributed by atoms with Crippen molar-refractivity contribution >= 4 is 0 Å². The molecule has 0 aromatic heterocycles. The fourth-order valence-electron chi connectivity index (χ4n) is 1.85. The second kappa shape index (κ2) is 7.59. The summed E-state index contributed by atoms with van der Waals surface area (Å²) >= 11 is 0. The molecule has 4 nitrogen and oxygen atoms in total. The summed E-state index contributed by atoms with van der Waals surface area (Å²) in [5, 5.41) is 18.5. The molecule has 2 aromatic rings. The first kappa shape index (κ1) is 17.7. The maximum absolute atomic E-state index is 9.61. The molecule has 2 N–H and O–H groups in total. The molecule has 0 fully saturated rings. The van der Waals surface area contributed by atoms with Crippen LogP contribution in [0, 0.1) is 0 Å². The number of phenols is 2. The monoisotopic (exact) mass is 304 g/mol. The quantitative estimate of drug-likeness (QED) is 0.877. The molecule has 0 aliphatic rings. The summed E-state index contributed by atoms with van der Waals surface area (Å²) in [6, 6.07) is 12.0. The molecule has 0 radical (unpaired) electrons. The van der Waals surface area contributed by atoms with E-state index in [1.807, 2.05) is 6.07 Å². The molecule has 0 atom stereocenters. The van der Waals surface area contributed by atoms with Crippen LogP contribution in [0.2, 0.25) is 0 Å². The van der Waals surface area contributed by atoms with Crippen LogP contribution in [0.3, 0.4) is 0 Å². The van der Waals surface area contributed by atoms with E-state index in [1.54, 1.807) is 50.6 Å². The second-order valence-corrected chi connectivity index (χ2v) is 5.83. The maximum atomic E-state index is 9.61. The number of ether oxygens (including phenoxy) is 2. The number of phenolic OH excluding ortho intramolecular Hbond substituents is 2. The van der Waals surface area contributed by atoms with E-state index >= 15 is 0 Å². The Morgan fingerprint density at radius 3 is 1.86 bits per heavy atom. The minimum atomic E-state index is -0.0569. The highest BCUT2D eigenvalue weighted by molar-refractivity contribution is 5.43. The Morgan fingerprint density at radius 2 is 1.41 bits per heavy atom. The lowest BCUT2D eigenvalue weighted by atomic mass is 9.86. The van der Waals surface area contributed by atoms with Gasteiger partial charge in [-0.2, -0.15) is 0 Å². The van der Waals surface area contributed by atoms with Gasteiger partial charge in [0.15, 0.2) is 0 Å². The van der Waals surface area contributed by atoms with E-state index in [9.17, 15) is 5.11 Å². The topological polar surface area (TPSA) is 58.9 Å². The first-order valence-corrected chi connectivity index (χ1v) is 6.98. The van der Waals surface area contributed by atoms with Crippen molar-refractivity contribution in [1.82, 2.24) is 0 Å². The Kier molecular flexibility index (Phi) is 6.11. The van der Waals surface area contributed by atoms with Gasteiger partial charge in [-0.3, -0.25) is 0 Å². The third kappa shape index (κ3) is 5.20. The van der Waals surface area contributed by atoms with Crippen LogP contribution >= 0.6 is 0 Å². The van der Waals surface area contributed by atoms with E-state index in [0.29, 0.717) is 11.5 Å². The molecule has 0 aliphatic carbocycles. The van der Waals surface area contributed by atoms with E-state index in [-0.39, 0.29) is 11.2 Å². The molecule has 4 heteroatoms. The molecule has 0 aliphatic heterocycles. The molecule has 0 saturated carbocycles. The fraction of sp³-hybridized carbons (Fsp3) is 0.333. The van der Waals surface area contributed by atoms with Gasteiger partial charge in [0.2, 0.25) is 0 Å². The summed E-state index contributed by atoms with van der Waals surface area (Å²) in [6.07, 6.45) is 0. The first-order valence-electron chi connectivity index (χ1n) is 6.98. The van der Waals surface area contributed by atoms with Crippen molar-refractivity contribution in [3.63, 3.8) is 0 Å². The van der Waals surface area contributed by atoms with E-state index < -0.39 is 0 Å². The number of methoxy groups -OCH3 is 2. The SMILES string of the molecule is COc1ccc(O)c(C(C)(C)C)c1.COc1cccc(O)c1. The van der Waals surface area contributed by atoms with Crippen LogP contribution in [-0.4, -0.2) is 24.4 Å². The largest absolute Gasteiger partial charge is 0.508 e. The van der Waals surface area contributed by atoms with Crippen molar-refractivity contribution in [2.75, 3.05) is 14.2 Å². The van der Waals surface area contributed by atoms with Gasteiger partial charge in [0.05, 0.1) is 14.2 Å². The highest BCUT2D eigenvalue weighted by atomic mass is 16.5. The van der Waals surface area contributed by atoms with Gasteiger partial charge in [-0.05, 0) is 35.7 Å². The summed E-state index contributed by atoms with van der Waals surface area (Å²) in [5.74, 6) is 2.01. The Balaban J connectivity index is 0.000000235. The second-order valence-electron chi connectivity index (χ2n) is 5.83. The highest BCUT2D eigenvalue weighted by Crippen LogP contribution is 2.33. The number of hydrogen-bond donors (Lipinski definition) is 2. The smallest absolute Gasteiger partial charge is 0.122 e. The molecule has 0 saturated heterocycles. The standard InChI is InChI=1S/C11H16O2.C7H8O2/c1-11(2,3)9-7-8(13-4)5-6-10(9)12;1-9-7-4-2-3-6(8)5-7/h5-7,12H,1-4H3;2-5,8H,1H3. The van der Waals surface area contributed by atoms with E-state index in [2.05, 4.69) is 20.8 Å². The van der Waals surface area contributed by atoms with Crippen LogP contribution < -0.4 is 9.47 Å². The summed E-state index contributed by atoms with van der Waals surface area (Å²) < 4.78 is 9.93. The minimum absolute atomic E-state index is 0.0569. The van der Waals surface area contributed by atoms with Crippen LogP contribution in [0.4, 0.5) is 0 Å². The number of hydrogen-bond acceptors (Lipinski definition) is 4. The Morgan fingerprint density at radius 1 is 0.818 bits per heavy atom. The molecule has 22 heavy (non-hydrogen) atoms. The summed E-state index contributed by atoms with van der Waals surface area (Å²) in [5.41, 5.74) is 0.852. The normalized spacial score (nSPS) is 10.4. The lowest BCUT2D eigenvalue weighted by molar-refractivity contribution is 0.405. The van der Waals surface area contributed by atoms with Gasteiger partial charge >= 0.3 is 0 Å². The third-order valence-corrected chi connectivity index (χ3v) is 3.07. The van der Waals surface area contributed by atoms with Gasteiger partial charge in [-0.25, -0.2) is 0 Å². The van der Waals surface area contributed by atoms with Gasteiger partial charge in [0, 0.05) is 11.6 Å². The third-order valence-electron chi connectivity index (χ3n) is 3.07. The van der Waals surface area contributed by atoms with Crippen LogP contribution in [0.5, 0.6) is 23.0 Å². The van der Waals surface area contributed by atoms with Gasteiger partial charge in [0.25, 0.3) is 0 Å². The number of benzene rings is 2. The van der Waals surface area contributed by atoms with Crippen LogP contribution in [0.1, 0.15) is 26.3 Å². The molecule has 120 valence electrons. The predicted molar refractivity (Wildman–Crippen MR) is 88.0 cm³/mol. The van der Waals surface area contributed by atoms with Crippen molar-refractivity contribution < 1.29 is 19.7 Å². The molecule has 2 aromatic carbocycles. The fourth-order valence-corrected chi connectivity index (χ4v) is 1.85. The van der Waals surface area contributed by atoms with Crippen molar-refractivity contribution in [1.29, 1.82) is 0 Å². The number of aromatic hydroxyl groups is 2. The summed E-state index contributed by atoms with van der Waals surface area (Å²) in [7, 11) is 3.19. The van der Waals surface area contributed by atoms with Crippen LogP contribution in [0.25, 0.3) is 0 Å². The average Bonchev–Trinajstić information content (AvgIpc) is 2.47. The summed E-state index contributed by atoms with van der Waals surface area (Å²) in [4.78, 5) is 0. The average molecular weight is 304 g/mol. The molecule has 0 bridgehead atoms. The lowest BCUT2D eigenvalue weighted by Gasteiger charge is -2.20. The van der Waals surface area contributed by atoms with Crippen LogP contribution in [-0.2, 0) is 5.41 Å². The van der Waals surface area contributed by atoms with Crippen LogP contribution in [0.15, 0.2) is 42.5 Å². The Hall–Kier alpha value is -2.36. The Bertz CT molecular complexity index is 600. The zero-order valence-corrected chi connectivity index (χ0v) is 13.8. The lowest BCUT2D eigenvalue weighted by Crippen LogP contribution is -2.11. The van der Waals surface area contributed by atoms with Crippen molar-refractivity contribution in [2.45, 2.75) is 26.2 Å². The first-order chi connectivity index (χ1) is 10.3. The Labute approximate surface area is 131 Å². The van der Waals surface area contributed by atoms with Gasteiger partial charge < -0.3 is 19.7 Å². The predicted octanol–water partition coefficient (Wildman–Crippen LogP) is 4.10. The zero-order valence-electron chi connectivity index (χ0n) is 13.8. The van der Waals surface area contributed by atoms with Crippen molar-refractivity contribution in [2.24, 2.45) is 0 Å². The van der Waals surface area contributed by atoms with E-state index in [4.69, 9.17) is 14.6 Å². The molecule has 0 heterocycles. The zero-order chi connectivity index (χ0) is 16.8. The van der Waals surface area contributed by atoms with Crippen molar-refractivity contribution in [3.8, 4) is 23.0 Å². The van der Waals surface area contributed by atoms with Crippen molar-refractivity contribution in [3.05, 3.63) is 48.0 Å². The molecular formula is C18H24O4. The van der Waals surface area contributed by atoms with Gasteiger partial charge in [-0.1, -0.05) is 26.8 Å². The molecule has 0 unspecified atom stereocenters. The van der Waals surface area contributed by atoms with Gasteiger partial charge in [0.1, 0.15) is 23.0 Å². The van der Waals surface area contributed by atoms with E-state index in [0.717, 1.165) is 11.3 Å². The van der Waals surface area contributed by atoms with E-state index in [1.165, 1.54) is 0 Å². The molecule has 0 amide bonds. The highest BCUT2D eigenvalue weighted by Gasteiger charge is 2.18. The minimum Gasteiger partial charge on any atom is -0.508 e. The summed E-state index contributed by atoms with van der Waals surface area (Å²) in [6.45, 7) is 6.17. The molecule has 0 spiro atoms. The molecular weight excluding hydrogens is 280 g/mol.